The Labute approximate surface area is 157 Å². The summed E-state index contributed by atoms with van der Waals surface area (Å²) in [5.74, 6) is 0.0390. The summed E-state index contributed by atoms with van der Waals surface area (Å²) in [7, 11) is 0. The zero-order chi connectivity index (χ0) is 16.9. The Morgan fingerprint density at radius 3 is 2.60 bits per heavy atom. The third-order valence-corrected chi connectivity index (χ3v) is 4.21. The molecule has 1 aliphatic heterocycles. The second kappa shape index (κ2) is 9.04. The normalized spacial score (nSPS) is 14.8. The predicted molar refractivity (Wildman–Crippen MR) is 97.8 cm³/mol. The molecule has 134 valence electrons. The molecule has 7 heteroatoms. The lowest BCUT2D eigenvalue weighted by atomic mass is 10.0. The number of carbonyl (C=O) groups is 1. The molecular weight excluding hydrogens is 366 g/mol. The molecule has 1 atom stereocenters. The van der Waals surface area contributed by atoms with Gasteiger partial charge in [-0.15, -0.1) is 12.4 Å². The van der Waals surface area contributed by atoms with Gasteiger partial charge in [0.1, 0.15) is 11.6 Å². The molecule has 1 saturated heterocycles. The Hall–Kier alpha value is -1.82. The highest BCUT2D eigenvalue weighted by Gasteiger charge is 2.25. The van der Waals surface area contributed by atoms with Crippen molar-refractivity contribution in [1.82, 2.24) is 10.6 Å². The maximum Gasteiger partial charge on any atom is 0.265 e. The van der Waals surface area contributed by atoms with Gasteiger partial charge in [-0.1, -0.05) is 41.9 Å². The van der Waals surface area contributed by atoms with Crippen molar-refractivity contribution in [3.63, 3.8) is 0 Å². The van der Waals surface area contributed by atoms with Crippen molar-refractivity contribution in [2.24, 2.45) is 5.92 Å². The van der Waals surface area contributed by atoms with Crippen LogP contribution >= 0.6 is 24.0 Å². The first kappa shape index (κ1) is 19.5. The largest absolute Gasteiger partial charge is 0.476 e. The molecule has 0 bridgehead atoms. The first-order chi connectivity index (χ1) is 11.6. The molecule has 4 nitrogen and oxygen atoms in total. The molecule has 0 aliphatic carbocycles. The van der Waals surface area contributed by atoms with Crippen LogP contribution in [0, 0.1) is 11.7 Å². The highest BCUT2D eigenvalue weighted by atomic mass is 35.5. The van der Waals surface area contributed by atoms with Gasteiger partial charge in [-0.3, -0.25) is 4.79 Å². The molecule has 0 saturated carbocycles. The van der Waals surface area contributed by atoms with Crippen LogP contribution in [-0.4, -0.2) is 25.5 Å². The number of amides is 1. The summed E-state index contributed by atoms with van der Waals surface area (Å²) in [6.07, 6.45) is -0.819. The third kappa shape index (κ3) is 5.08. The van der Waals surface area contributed by atoms with Gasteiger partial charge in [0.15, 0.2) is 0 Å². The van der Waals surface area contributed by atoms with Gasteiger partial charge >= 0.3 is 0 Å². The summed E-state index contributed by atoms with van der Waals surface area (Å²) in [6.45, 7) is 2.41. The minimum atomic E-state index is -0.819. The molecule has 0 aromatic heterocycles. The van der Waals surface area contributed by atoms with E-state index in [1.54, 1.807) is 0 Å². The van der Waals surface area contributed by atoms with Crippen LogP contribution in [0.15, 0.2) is 48.5 Å². The lowest BCUT2D eigenvalue weighted by molar-refractivity contribution is -0.128. The van der Waals surface area contributed by atoms with E-state index >= 15 is 0 Å². The number of hydrogen-bond acceptors (Lipinski definition) is 3. The van der Waals surface area contributed by atoms with Gasteiger partial charge in [0.05, 0.1) is 5.02 Å². The van der Waals surface area contributed by atoms with Crippen LogP contribution < -0.4 is 15.4 Å². The highest BCUT2D eigenvalue weighted by molar-refractivity contribution is 6.30. The van der Waals surface area contributed by atoms with E-state index in [0.29, 0.717) is 18.2 Å². The van der Waals surface area contributed by atoms with Crippen molar-refractivity contribution in [2.45, 2.75) is 6.10 Å². The van der Waals surface area contributed by atoms with Gasteiger partial charge in [0.2, 0.25) is 6.10 Å². The van der Waals surface area contributed by atoms with Crippen LogP contribution in [0.25, 0.3) is 0 Å². The average Bonchev–Trinajstić information content (AvgIpc) is 2.55. The average molecular weight is 385 g/mol. The van der Waals surface area contributed by atoms with E-state index in [1.165, 1.54) is 18.2 Å². The summed E-state index contributed by atoms with van der Waals surface area (Å²) in [5.41, 5.74) is 0.724. The highest BCUT2D eigenvalue weighted by Crippen LogP contribution is 2.26. The number of ether oxygens (including phenoxy) is 1. The molecule has 0 spiro atoms. The van der Waals surface area contributed by atoms with Crippen LogP contribution in [-0.2, 0) is 4.79 Å². The smallest absolute Gasteiger partial charge is 0.265 e. The molecule has 3 rings (SSSR count). The van der Waals surface area contributed by atoms with Crippen molar-refractivity contribution in [3.8, 4) is 5.75 Å². The number of nitrogens with one attached hydrogen (secondary N) is 2. The molecule has 1 heterocycles. The van der Waals surface area contributed by atoms with Crippen molar-refractivity contribution in [3.05, 3.63) is 64.9 Å². The molecule has 1 aliphatic rings. The van der Waals surface area contributed by atoms with Crippen LogP contribution in [0.2, 0.25) is 5.02 Å². The van der Waals surface area contributed by atoms with Gasteiger partial charge in [0, 0.05) is 37.2 Å². The van der Waals surface area contributed by atoms with Crippen molar-refractivity contribution in [1.29, 1.82) is 0 Å². The third-order valence-electron chi connectivity index (χ3n) is 3.92. The minimum absolute atomic E-state index is 0. The zero-order valence-electron chi connectivity index (χ0n) is 13.4. The van der Waals surface area contributed by atoms with E-state index in [2.05, 4.69) is 10.6 Å². The maximum absolute atomic E-state index is 13.3. The van der Waals surface area contributed by atoms with Gasteiger partial charge in [0.25, 0.3) is 5.91 Å². The first-order valence-electron chi connectivity index (χ1n) is 7.78. The zero-order valence-corrected chi connectivity index (χ0v) is 14.9. The van der Waals surface area contributed by atoms with Crippen molar-refractivity contribution < 1.29 is 13.9 Å². The predicted octanol–water partition coefficient (Wildman–Crippen LogP) is 3.36. The number of hydrogen-bond donors (Lipinski definition) is 2. The molecule has 2 aromatic carbocycles. The molecular formula is C18H19Cl2FN2O2. The lowest BCUT2D eigenvalue weighted by Gasteiger charge is -2.28. The van der Waals surface area contributed by atoms with Gasteiger partial charge < -0.3 is 15.4 Å². The Morgan fingerprint density at radius 2 is 2.00 bits per heavy atom. The van der Waals surface area contributed by atoms with Crippen LogP contribution in [0.1, 0.15) is 11.7 Å². The van der Waals surface area contributed by atoms with E-state index < -0.39 is 11.9 Å². The minimum Gasteiger partial charge on any atom is -0.476 e. The molecule has 1 fully saturated rings. The fraction of sp³-hybridized carbons (Fsp3) is 0.278. The summed E-state index contributed by atoms with van der Waals surface area (Å²) in [5, 5.41) is 6.04. The number of rotatable bonds is 6. The van der Waals surface area contributed by atoms with E-state index in [4.69, 9.17) is 16.3 Å². The van der Waals surface area contributed by atoms with Gasteiger partial charge in [-0.05, 0) is 12.1 Å². The number of benzene rings is 2. The SMILES string of the molecule is Cl.O=C(NCC1CNC1)C(Oc1ccc(F)c(Cl)c1)c1ccccc1. The van der Waals surface area contributed by atoms with E-state index in [9.17, 15) is 9.18 Å². The Bertz CT molecular complexity index is 711. The standard InChI is InChI=1S/C18H18ClFN2O2.ClH/c19-15-8-14(6-7-16(15)20)24-17(13-4-2-1-3-5-13)18(23)22-11-12-9-21-10-12;/h1-8,12,17,21H,9-11H2,(H,22,23);1H. The molecule has 2 N–H and O–H groups in total. The summed E-state index contributed by atoms with van der Waals surface area (Å²) < 4.78 is 19.1. The quantitative estimate of drug-likeness (QED) is 0.802. The lowest BCUT2D eigenvalue weighted by Crippen LogP contribution is -2.49. The molecule has 25 heavy (non-hydrogen) atoms. The topological polar surface area (TPSA) is 50.4 Å². The molecule has 1 amide bonds. The molecule has 0 radical (unpaired) electrons. The fourth-order valence-corrected chi connectivity index (χ4v) is 2.59. The van der Waals surface area contributed by atoms with E-state index in [1.807, 2.05) is 30.3 Å². The summed E-state index contributed by atoms with van der Waals surface area (Å²) >= 11 is 5.79. The molecule has 1 unspecified atom stereocenters. The Morgan fingerprint density at radius 1 is 1.28 bits per heavy atom. The second-order valence-corrected chi connectivity index (χ2v) is 6.16. The summed E-state index contributed by atoms with van der Waals surface area (Å²) in [4.78, 5) is 12.6. The Balaban J connectivity index is 0.00000225. The van der Waals surface area contributed by atoms with Crippen LogP contribution in [0.3, 0.4) is 0 Å². The van der Waals surface area contributed by atoms with Gasteiger partial charge in [-0.25, -0.2) is 4.39 Å². The fourth-order valence-electron chi connectivity index (χ4n) is 2.42. The maximum atomic E-state index is 13.3. The van der Waals surface area contributed by atoms with Crippen molar-refractivity contribution in [2.75, 3.05) is 19.6 Å². The summed E-state index contributed by atoms with van der Waals surface area (Å²) in [6, 6.07) is 13.2. The monoisotopic (exact) mass is 384 g/mol. The van der Waals surface area contributed by atoms with Crippen LogP contribution in [0.5, 0.6) is 5.75 Å². The van der Waals surface area contributed by atoms with Crippen LogP contribution in [0.4, 0.5) is 4.39 Å². The van der Waals surface area contributed by atoms with Gasteiger partial charge in [-0.2, -0.15) is 0 Å². The van der Waals surface area contributed by atoms with E-state index in [-0.39, 0.29) is 23.3 Å². The second-order valence-electron chi connectivity index (χ2n) is 5.75. The van der Waals surface area contributed by atoms with E-state index in [0.717, 1.165) is 18.7 Å². The Kier molecular flexibility index (Phi) is 7.05. The van der Waals surface area contributed by atoms with Crippen molar-refractivity contribution >= 4 is 29.9 Å². The number of halogens is 3. The molecule has 2 aromatic rings. The first-order valence-corrected chi connectivity index (χ1v) is 8.16. The number of carbonyl (C=O) groups excluding carboxylic acids is 1.